The van der Waals surface area contributed by atoms with E-state index >= 15 is 0 Å². The number of terminal acetylenes is 1. The Morgan fingerprint density at radius 3 is 2.11 bits per heavy atom. The van der Waals surface area contributed by atoms with Crippen molar-refractivity contribution in [3.8, 4) is 12.3 Å². The van der Waals surface area contributed by atoms with Crippen molar-refractivity contribution in [3.05, 3.63) is 35.4 Å². The van der Waals surface area contributed by atoms with Crippen LogP contribution >= 0.6 is 0 Å². The van der Waals surface area contributed by atoms with Crippen molar-refractivity contribution in [1.82, 2.24) is 15.5 Å². The Hall–Kier alpha value is -3.20. The SMILES string of the molecule is C#Cc1ccc([C@H](CO[Si](C)(C)C(C)(C)C)NC(=O)[C@@H]2C[C@@H](O)CN2C(=O)C(NC(=O)CCCCCCC(=O)O)C(C)(C)C)cc1. The van der Waals surface area contributed by atoms with Crippen LogP contribution in [0.5, 0.6) is 0 Å². The lowest BCUT2D eigenvalue weighted by Crippen LogP contribution is -2.58. The van der Waals surface area contributed by atoms with Crippen LogP contribution in [-0.4, -0.2) is 78.5 Å². The summed E-state index contributed by atoms with van der Waals surface area (Å²) in [4.78, 5) is 52.8. The second-order valence-corrected chi connectivity index (χ2v) is 19.8. The first kappa shape index (κ1) is 39.0. The number of carbonyl (C=O) groups excluding carboxylic acids is 3. The zero-order chi connectivity index (χ0) is 34.9. The number of hydrogen-bond acceptors (Lipinski definition) is 6. The van der Waals surface area contributed by atoms with E-state index in [-0.39, 0.29) is 43.4 Å². The van der Waals surface area contributed by atoms with E-state index < -0.39 is 55.7 Å². The van der Waals surface area contributed by atoms with Crippen LogP contribution in [-0.2, 0) is 23.6 Å². The fraction of sp³-hybridized carbons (Fsp3) is 0.657. The number of unbranched alkanes of at least 4 members (excludes halogenated alkanes) is 3. The number of hydrogen-bond donors (Lipinski definition) is 4. The molecule has 1 aliphatic rings. The number of rotatable bonds is 15. The van der Waals surface area contributed by atoms with Gasteiger partial charge in [-0.1, -0.05) is 72.4 Å². The van der Waals surface area contributed by atoms with E-state index in [1.807, 2.05) is 45.0 Å². The molecule has 2 rings (SSSR count). The van der Waals surface area contributed by atoms with Crippen molar-refractivity contribution in [2.75, 3.05) is 13.2 Å². The molecule has 10 nitrogen and oxygen atoms in total. The molecule has 4 N–H and O–H groups in total. The van der Waals surface area contributed by atoms with Crippen LogP contribution in [0.1, 0.15) is 104 Å². The van der Waals surface area contributed by atoms with E-state index in [2.05, 4.69) is 50.4 Å². The van der Waals surface area contributed by atoms with Crippen molar-refractivity contribution in [2.24, 2.45) is 5.41 Å². The van der Waals surface area contributed by atoms with Gasteiger partial charge in [-0.2, -0.15) is 0 Å². The number of β-amino-alcohol motifs (C(OH)–C–C–N with tert-alkyl or cyclic N) is 1. The van der Waals surface area contributed by atoms with Crippen LogP contribution in [0.2, 0.25) is 18.1 Å². The normalized spacial score (nSPS) is 18.4. The average Bonchev–Trinajstić information content (AvgIpc) is 3.35. The average molecular weight is 658 g/mol. The largest absolute Gasteiger partial charge is 0.481 e. The van der Waals surface area contributed by atoms with E-state index in [4.69, 9.17) is 16.0 Å². The van der Waals surface area contributed by atoms with Crippen molar-refractivity contribution >= 4 is 32.0 Å². The van der Waals surface area contributed by atoms with E-state index in [1.54, 1.807) is 0 Å². The Labute approximate surface area is 276 Å². The first-order chi connectivity index (χ1) is 21.3. The summed E-state index contributed by atoms with van der Waals surface area (Å²) in [5.41, 5.74) is 0.856. The molecule has 0 saturated carbocycles. The fourth-order valence-corrected chi connectivity index (χ4v) is 6.09. The van der Waals surface area contributed by atoms with Gasteiger partial charge in [0.25, 0.3) is 0 Å². The van der Waals surface area contributed by atoms with Gasteiger partial charge in [-0.3, -0.25) is 19.2 Å². The van der Waals surface area contributed by atoms with E-state index in [1.165, 1.54) is 4.90 Å². The Morgan fingerprint density at radius 2 is 1.59 bits per heavy atom. The molecule has 1 aromatic carbocycles. The predicted molar refractivity (Wildman–Crippen MR) is 181 cm³/mol. The molecule has 0 aromatic heterocycles. The zero-order valence-electron chi connectivity index (χ0n) is 28.9. The maximum atomic E-state index is 14.0. The lowest BCUT2D eigenvalue weighted by molar-refractivity contribution is -0.144. The maximum Gasteiger partial charge on any atom is 0.303 e. The fourth-order valence-electron chi connectivity index (χ4n) is 5.08. The number of aliphatic hydroxyl groups is 1. The van der Waals surface area contributed by atoms with Crippen molar-refractivity contribution in [1.29, 1.82) is 0 Å². The minimum Gasteiger partial charge on any atom is -0.481 e. The molecule has 0 aliphatic carbocycles. The minimum atomic E-state index is -2.17. The molecular formula is C35H55N3O7Si. The lowest BCUT2D eigenvalue weighted by atomic mass is 9.85. The molecule has 1 aromatic rings. The highest BCUT2D eigenvalue weighted by molar-refractivity contribution is 6.74. The Bertz CT molecular complexity index is 1240. The second-order valence-electron chi connectivity index (χ2n) is 15.0. The van der Waals surface area contributed by atoms with Crippen molar-refractivity contribution in [3.63, 3.8) is 0 Å². The summed E-state index contributed by atoms with van der Waals surface area (Å²) in [6.07, 6.45) is 7.59. The van der Waals surface area contributed by atoms with Crippen molar-refractivity contribution in [2.45, 2.75) is 129 Å². The highest BCUT2D eigenvalue weighted by atomic mass is 28.4. The summed E-state index contributed by atoms with van der Waals surface area (Å²) < 4.78 is 6.50. The third-order valence-electron chi connectivity index (χ3n) is 9.04. The molecule has 0 radical (unpaired) electrons. The van der Waals surface area contributed by atoms with Crippen LogP contribution in [0.3, 0.4) is 0 Å². The molecule has 0 spiro atoms. The maximum absolute atomic E-state index is 14.0. The first-order valence-electron chi connectivity index (χ1n) is 16.3. The summed E-state index contributed by atoms with van der Waals surface area (Å²) in [5, 5.41) is 25.3. The van der Waals surface area contributed by atoms with Gasteiger partial charge in [-0.15, -0.1) is 6.42 Å². The van der Waals surface area contributed by atoms with Gasteiger partial charge in [0.1, 0.15) is 12.1 Å². The molecule has 0 bridgehead atoms. The van der Waals surface area contributed by atoms with E-state index in [0.717, 1.165) is 5.56 Å². The topological polar surface area (TPSA) is 145 Å². The van der Waals surface area contributed by atoms with E-state index in [0.29, 0.717) is 31.2 Å². The third kappa shape index (κ3) is 11.5. The Kier molecular flexibility index (Phi) is 14.0. The molecule has 4 atom stereocenters. The monoisotopic (exact) mass is 657 g/mol. The zero-order valence-corrected chi connectivity index (χ0v) is 29.9. The molecule has 1 saturated heterocycles. The van der Waals surface area contributed by atoms with Crippen molar-refractivity contribution < 1.29 is 33.8 Å². The predicted octanol–water partition coefficient (Wildman–Crippen LogP) is 4.76. The van der Waals surface area contributed by atoms with Crippen LogP contribution in [0.4, 0.5) is 0 Å². The van der Waals surface area contributed by atoms with Crippen LogP contribution < -0.4 is 10.6 Å². The van der Waals surface area contributed by atoms with Crippen LogP contribution in [0.25, 0.3) is 0 Å². The summed E-state index contributed by atoms with van der Waals surface area (Å²) in [7, 11) is -2.17. The number of likely N-dealkylation sites (tertiary alicyclic amines) is 1. The number of aliphatic hydroxyl groups excluding tert-OH is 1. The standard InChI is InChI=1S/C35H55N3O7Si/c1-10-24-17-19-25(20-18-24)27(23-45-46(8,9)35(5,6)7)36-32(43)28-21-26(39)22-38(28)33(44)31(34(2,3)4)37-29(40)15-13-11-12-14-16-30(41)42/h1,17-20,26-28,31,39H,11-16,21-23H2,2-9H3,(H,36,43)(H,37,40)(H,41,42)/t26-,27+,28+,31?/m1/s1. The van der Waals surface area contributed by atoms with Crippen LogP contribution in [0.15, 0.2) is 24.3 Å². The van der Waals surface area contributed by atoms with Gasteiger partial charge in [-0.05, 0) is 54.1 Å². The third-order valence-corrected chi connectivity index (χ3v) is 13.5. The highest BCUT2D eigenvalue weighted by Gasteiger charge is 2.45. The van der Waals surface area contributed by atoms with Gasteiger partial charge in [0, 0.05) is 31.4 Å². The first-order valence-corrected chi connectivity index (χ1v) is 19.2. The molecular weight excluding hydrogens is 602 g/mol. The summed E-state index contributed by atoms with van der Waals surface area (Å²) in [5.74, 6) is 0.649. The van der Waals surface area contributed by atoms with Gasteiger partial charge in [-0.25, -0.2) is 0 Å². The summed E-state index contributed by atoms with van der Waals surface area (Å²) in [6, 6.07) is 4.97. The second kappa shape index (κ2) is 16.6. The van der Waals surface area contributed by atoms with Crippen LogP contribution in [0, 0.1) is 17.8 Å². The molecule has 46 heavy (non-hydrogen) atoms. The van der Waals surface area contributed by atoms with Gasteiger partial charge in [0.15, 0.2) is 8.32 Å². The van der Waals surface area contributed by atoms with Gasteiger partial charge in [0.05, 0.1) is 18.8 Å². The number of amides is 3. The molecule has 11 heteroatoms. The number of carboxylic acid groups (broad SMARTS) is 1. The minimum absolute atomic E-state index is 0.0229. The quantitative estimate of drug-likeness (QED) is 0.121. The molecule has 1 fully saturated rings. The molecule has 1 aliphatic heterocycles. The number of carboxylic acids is 1. The molecule has 256 valence electrons. The molecule has 3 amide bonds. The number of carbonyl (C=O) groups is 4. The van der Waals surface area contributed by atoms with Gasteiger partial charge >= 0.3 is 5.97 Å². The van der Waals surface area contributed by atoms with E-state index in [9.17, 15) is 24.3 Å². The van der Waals surface area contributed by atoms with Gasteiger partial charge in [0.2, 0.25) is 17.7 Å². The molecule has 1 heterocycles. The highest BCUT2D eigenvalue weighted by Crippen LogP contribution is 2.37. The lowest BCUT2D eigenvalue weighted by Gasteiger charge is -2.38. The number of benzene rings is 1. The number of nitrogens with zero attached hydrogens (tertiary/aromatic N) is 1. The summed E-state index contributed by atoms with van der Waals surface area (Å²) in [6.45, 7) is 16.5. The number of nitrogens with one attached hydrogen (secondary N) is 2. The summed E-state index contributed by atoms with van der Waals surface area (Å²) >= 11 is 0. The number of aliphatic carboxylic acids is 1. The smallest absolute Gasteiger partial charge is 0.303 e. The van der Waals surface area contributed by atoms with Gasteiger partial charge < -0.3 is 30.2 Å². The molecule has 1 unspecified atom stereocenters. The Balaban J connectivity index is 2.21. The Morgan fingerprint density at radius 1 is 1.00 bits per heavy atom.